The largest absolute Gasteiger partial charge is 0.497 e. The average molecular weight is 421 g/mol. The molecular weight excluding hydrogens is 388 g/mol. The Balaban J connectivity index is 1.97. The first kappa shape index (κ1) is 22.6. The lowest BCUT2D eigenvalue weighted by Gasteiger charge is -2.17. The van der Waals surface area contributed by atoms with Crippen LogP contribution in [0.1, 0.15) is 49.9 Å². The van der Waals surface area contributed by atoms with Gasteiger partial charge in [0, 0.05) is 23.6 Å². The maximum Gasteiger partial charge on any atom is 0.252 e. The van der Waals surface area contributed by atoms with E-state index in [1.165, 1.54) is 12.8 Å². The normalized spacial score (nSPS) is 11.9. The molecule has 31 heavy (non-hydrogen) atoms. The Bertz CT molecular complexity index is 1030. The zero-order chi connectivity index (χ0) is 22.2. The summed E-state index contributed by atoms with van der Waals surface area (Å²) in [5.41, 5.74) is 2.92. The Morgan fingerprint density at radius 3 is 2.58 bits per heavy atom. The molecule has 0 aliphatic rings. The second-order valence-corrected chi connectivity index (χ2v) is 7.76. The first-order valence-electron chi connectivity index (χ1n) is 11.0. The highest BCUT2D eigenvalue weighted by Gasteiger charge is 2.17. The number of aromatic nitrogens is 1. The molecule has 0 saturated carbocycles. The number of para-hydroxylation sites is 1. The monoisotopic (exact) mass is 420 g/mol. The highest BCUT2D eigenvalue weighted by atomic mass is 16.5. The molecule has 5 heteroatoms. The maximum atomic E-state index is 13.2. The van der Waals surface area contributed by atoms with E-state index >= 15 is 0 Å². The minimum absolute atomic E-state index is 0.0673. The van der Waals surface area contributed by atoms with Gasteiger partial charge in [0.25, 0.3) is 5.91 Å². The van der Waals surface area contributed by atoms with Gasteiger partial charge < -0.3 is 14.8 Å². The van der Waals surface area contributed by atoms with Gasteiger partial charge in [-0.25, -0.2) is 4.98 Å². The number of methoxy groups -OCH3 is 2. The summed E-state index contributed by atoms with van der Waals surface area (Å²) in [7, 11) is 3.24. The van der Waals surface area contributed by atoms with Crippen molar-refractivity contribution in [2.75, 3.05) is 20.8 Å². The van der Waals surface area contributed by atoms with E-state index in [0.29, 0.717) is 35.2 Å². The summed E-state index contributed by atoms with van der Waals surface area (Å²) >= 11 is 0. The van der Waals surface area contributed by atoms with Gasteiger partial charge in [0.1, 0.15) is 11.5 Å². The molecule has 2 aromatic carbocycles. The lowest BCUT2D eigenvalue weighted by Crippen LogP contribution is -2.29. The molecule has 1 N–H and O–H groups in total. The van der Waals surface area contributed by atoms with Crippen LogP contribution in [-0.2, 0) is 0 Å². The van der Waals surface area contributed by atoms with Crippen molar-refractivity contribution < 1.29 is 14.3 Å². The van der Waals surface area contributed by atoms with Crippen molar-refractivity contribution in [2.45, 2.75) is 39.5 Å². The fourth-order valence-electron chi connectivity index (χ4n) is 3.79. The molecule has 3 aromatic rings. The number of hydrogen-bond donors (Lipinski definition) is 1. The fraction of sp³-hybridized carbons (Fsp3) is 0.385. The van der Waals surface area contributed by atoms with Crippen molar-refractivity contribution >= 4 is 16.8 Å². The van der Waals surface area contributed by atoms with E-state index in [9.17, 15) is 4.79 Å². The van der Waals surface area contributed by atoms with E-state index in [4.69, 9.17) is 14.5 Å². The zero-order valence-corrected chi connectivity index (χ0v) is 18.9. The number of carbonyl (C=O) groups is 1. The molecule has 1 amide bonds. The number of rotatable bonds is 10. The predicted octanol–water partition coefficient (Wildman–Crippen LogP) is 5.87. The Hall–Kier alpha value is -3.08. The molecule has 0 bridgehead atoms. The molecule has 164 valence electrons. The van der Waals surface area contributed by atoms with Gasteiger partial charge in [0.15, 0.2) is 0 Å². The van der Waals surface area contributed by atoms with Crippen LogP contribution in [-0.4, -0.2) is 31.7 Å². The highest BCUT2D eigenvalue weighted by Crippen LogP contribution is 2.34. The summed E-state index contributed by atoms with van der Waals surface area (Å²) in [5, 5.41) is 4.00. The van der Waals surface area contributed by atoms with E-state index in [0.717, 1.165) is 29.3 Å². The van der Waals surface area contributed by atoms with Crippen LogP contribution >= 0.6 is 0 Å². The zero-order valence-electron chi connectivity index (χ0n) is 18.9. The van der Waals surface area contributed by atoms with Crippen LogP contribution in [0.25, 0.3) is 22.2 Å². The van der Waals surface area contributed by atoms with Crippen molar-refractivity contribution in [3.05, 3.63) is 54.1 Å². The molecule has 1 heterocycles. The summed E-state index contributed by atoms with van der Waals surface area (Å²) in [6.45, 7) is 5.07. The first-order chi connectivity index (χ1) is 15.1. The summed E-state index contributed by atoms with van der Waals surface area (Å²) < 4.78 is 10.9. The number of benzene rings is 2. The molecule has 1 aromatic heterocycles. The number of pyridine rings is 1. The van der Waals surface area contributed by atoms with Gasteiger partial charge in [0.2, 0.25) is 0 Å². The van der Waals surface area contributed by atoms with Crippen molar-refractivity contribution in [1.29, 1.82) is 0 Å². The lowest BCUT2D eigenvalue weighted by molar-refractivity contribution is 0.0947. The molecular formula is C26H32N2O3. The van der Waals surface area contributed by atoms with Gasteiger partial charge in [-0.1, -0.05) is 51.3 Å². The minimum Gasteiger partial charge on any atom is -0.497 e. The van der Waals surface area contributed by atoms with E-state index < -0.39 is 0 Å². The molecule has 0 spiro atoms. The van der Waals surface area contributed by atoms with E-state index in [-0.39, 0.29) is 5.91 Å². The van der Waals surface area contributed by atoms with Crippen LogP contribution < -0.4 is 14.8 Å². The maximum absolute atomic E-state index is 13.2. The molecule has 0 aliphatic carbocycles. The Morgan fingerprint density at radius 2 is 1.87 bits per heavy atom. The molecule has 1 unspecified atom stereocenters. The van der Waals surface area contributed by atoms with Gasteiger partial charge in [0.05, 0.1) is 31.0 Å². The van der Waals surface area contributed by atoms with Gasteiger partial charge in [-0.2, -0.15) is 0 Å². The van der Waals surface area contributed by atoms with Gasteiger partial charge in [-0.15, -0.1) is 0 Å². The second kappa shape index (κ2) is 10.8. The van der Waals surface area contributed by atoms with Gasteiger partial charge in [-0.3, -0.25) is 4.79 Å². The van der Waals surface area contributed by atoms with Crippen LogP contribution in [0.5, 0.6) is 11.5 Å². The standard InChI is InChI=1S/C26H32N2O3/c1-5-7-10-18(6-2)17-27-26(29)22-16-24(28-23-12-9-8-11-20(22)23)21-14-13-19(30-3)15-25(21)31-4/h8-9,11-16,18H,5-7,10,17H2,1-4H3,(H,27,29). The Kier molecular flexibility index (Phi) is 7.88. The number of nitrogens with zero attached hydrogens (tertiary/aromatic N) is 1. The Morgan fingerprint density at radius 1 is 1.06 bits per heavy atom. The van der Waals surface area contributed by atoms with E-state index in [1.807, 2.05) is 48.5 Å². The number of amides is 1. The quantitative estimate of drug-likeness (QED) is 0.446. The van der Waals surface area contributed by atoms with E-state index in [2.05, 4.69) is 19.2 Å². The summed E-state index contributed by atoms with van der Waals surface area (Å²) in [5.74, 6) is 1.79. The third-order valence-corrected chi connectivity index (χ3v) is 5.74. The second-order valence-electron chi connectivity index (χ2n) is 7.76. The Labute approximate surface area is 184 Å². The summed E-state index contributed by atoms with van der Waals surface area (Å²) in [4.78, 5) is 18.0. The van der Waals surface area contributed by atoms with Crippen molar-refractivity contribution in [1.82, 2.24) is 10.3 Å². The minimum atomic E-state index is -0.0673. The number of ether oxygens (including phenoxy) is 2. The first-order valence-corrected chi connectivity index (χ1v) is 11.0. The third-order valence-electron chi connectivity index (χ3n) is 5.74. The lowest BCUT2D eigenvalue weighted by atomic mass is 9.98. The number of fused-ring (bicyclic) bond motifs is 1. The number of nitrogens with one attached hydrogen (secondary N) is 1. The highest BCUT2D eigenvalue weighted by molar-refractivity contribution is 6.07. The van der Waals surface area contributed by atoms with Crippen LogP contribution in [0.15, 0.2) is 48.5 Å². The fourth-order valence-corrected chi connectivity index (χ4v) is 3.79. The SMILES string of the molecule is CCCCC(CC)CNC(=O)c1cc(-c2ccc(OC)cc2OC)nc2ccccc12. The van der Waals surface area contributed by atoms with Crippen LogP contribution in [0.2, 0.25) is 0 Å². The van der Waals surface area contributed by atoms with Crippen LogP contribution in [0.3, 0.4) is 0 Å². The van der Waals surface area contributed by atoms with Crippen molar-refractivity contribution in [3.8, 4) is 22.8 Å². The number of unbranched alkanes of at least 4 members (excludes halogenated alkanes) is 1. The van der Waals surface area contributed by atoms with Crippen LogP contribution in [0.4, 0.5) is 0 Å². The van der Waals surface area contributed by atoms with E-state index in [1.54, 1.807) is 14.2 Å². The third kappa shape index (κ3) is 5.35. The molecule has 0 aliphatic heterocycles. The predicted molar refractivity (Wildman–Crippen MR) is 126 cm³/mol. The molecule has 0 radical (unpaired) electrons. The molecule has 1 atom stereocenters. The van der Waals surface area contributed by atoms with Crippen LogP contribution in [0, 0.1) is 5.92 Å². The molecule has 0 fully saturated rings. The van der Waals surface area contributed by atoms with Gasteiger partial charge >= 0.3 is 0 Å². The van der Waals surface area contributed by atoms with Gasteiger partial charge in [-0.05, 0) is 36.6 Å². The molecule has 3 rings (SSSR count). The smallest absolute Gasteiger partial charge is 0.252 e. The topological polar surface area (TPSA) is 60.5 Å². The summed E-state index contributed by atoms with van der Waals surface area (Å²) in [6.07, 6.45) is 4.56. The summed E-state index contributed by atoms with van der Waals surface area (Å²) in [6, 6.07) is 15.2. The molecule has 0 saturated heterocycles. The number of hydrogen-bond acceptors (Lipinski definition) is 4. The average Bonchev–Trinajstić information content (AvgIpc) is 2.82. The molecule has 5 nitrogen and oxygen atoms in total. The van der Waals surface area contributed by atoms with Crippen molar-refractivity contribution in [3.63, 3.8) is 0 Å². The number of carbonyl (C=O) groups excluding carboxylic acids is 1. The van der Waals surface area contributed by atoms with Crippen molar-refractivity contribution in [2.24, 2.45) is 5.92 Å².